The van der Waals surface area contributed by atoms with Gasteiger partial charge in [0.25, 0.3) is 0 Å². The second-order valence-corrected chi connectivity index (χ2v) is 7.58. The van der Waals surface area contributed by atoms with Crippen LogP contribution in [-0.4, -0.2) is 30.9 Å². The average Bonchev–Trinajstić information content (AvgIpc) is 2.85. The van der Waals surface area contributed by atoms with E-state index in [9.17, 15) is 9.90 Å². The predicted octanol–water partition coefficient (Wildman–Crippen LogP) is 5.20. The van der Waals surface area contributed by atoms with Crippen molar-refractivity contribution in [3.8, 4) is 11.5 Å². The normalized spacial score (nSPS) is 11.6. The smallest absolute Gasteiger partial charge is 0.338 e. The maximum Gasteiger partial charge on any atom is 0.338 e. The molecule has 0 radical (unpaired) electrons. The van der Waals surface area contributed by atoms with E-state index >= 15 is 0 Å². The highest BCUT2D eigenvalue weighted by molar-refractivity contribution is 5.89. The minimum Gasteiger partial charge on any atom is -0.497 e. The van der Waals surface area contributed by atoms with Crippen molar-refractivity contribution in [2.24, 2.45) is 0 Å². The van der Waals surface area contributed by atoms with E-state index in [0.717, 1.165) is 23.3 Å². The molecule has 5 nitrogen and oxygen atoms in total. The number of esters is 1. The van der Waals surface area contributed by atoms with E-state index < -0.39 is 0 Å². The van der Waals surface area contributed by atoms with E-state index in [1.54, 1.807) is 31.4 Å². The summed E-state index contributed by atoms with van der Waals surface area (Å²) < 4.78 is 16.7. The summed E-state index contributed by atoms with van der Waals surface area (Å²) in [7, 11) is 1.58. The number of hydrogen-bond donors (Lipinski definition) is 1. The molecule has 1 N–H and O–H groups in total. The number of benzene rings is 3. The van der Waals surface area contributed by atoms with Gasteiger partial charge in [0.2, 0.25) is 0 Å². The number of carbonyl (C=O) groups excluding carboxylic acids is 1. The summed E-state index contributed by atoms with van der Waals surface area (Å²) in [6, 6.07) is 24.9. The Morgan fingerprint density at radius 2 is 1.53 bits per heavy atom. The Hall–Kier alpha value is -3.31. The molecule has 0 saturated heterocycles. The van der Waals surface area contributed by atoms with E-state index in [1.165, 1.54) is 0 Å². The molecule has 3 rings (SSSR count). The van der Waals surface area contributed by atoms with Gasteiger partial charge in [0.1, 0.15) is 24.2 Å². The van der Waals surface area contributed by atoms with Crippen molar-refractivity contribution in [3.63, 3.8) is 0 Å². The quantitative estimate of drug-likeness (QED) is 0.397. The molecule has 0 spiro atoms. The Kier molecular flexibility index (Phi) is 9.14. The van der Waals surface area contributed by atoms with Crippen LogP contribution >= 0.6 is 0 Å². The van der Waals surface area contributed by atoms with E-state index in [-0.39, 0.29) is 18.7 Å². The molecule has 32 heavy (non-hydrogen) atoms. The highest BCUT2D eigenvalue weighted by atomic mass is 16.5. The molecule has 3 aromatic carbocycles. The van der Waals surface area contributed by atoms with Gasteiger partial charge in [-0.25, -0.2) is 4.79 Å². The van der Waals surface area contributed by atoms with Crippen LogP contribution in [0.2, 0.25) is 0 Å². The van der Waals surface area contributed by atoms with E-state index in [4.69, 9.17) is 14.2 Å². The summed E-state index contributed by atoms with van der Waals surface area (Å²) >= 11 is 0. The van der Waals surface area contributed by atoms with Crippen LogP contribution in [0.5, 0.6) is 11.5 Å². The molecule has 0 amide bonds. The van der Waals surface area contributed by atoms with Crippen LogP contribution in [0.4, 0.5) is 0 Å². The summed E-state index contributed by atoms with van der Waals surface area (Å²) in [6.07, 6.45) is 2.41. The van der Waals surface area contributed by atoms with E-state index in [1.807, 2.05) is 54.6 Å². The van der Waals surface area contributed by atoms with Crippen molar-refractivity contribution < 1.29 is 24.1 Å². The van der Waals surface area contributed by atoms with Crippen LogP contribution in [0.1, 0.15) is 40.7 Å². The number of aliphatic hydroxyl groups is 1. The van der Waals surface area contributed by atoms with Gasteiger partial charge < -0.3 is 19.3 Å². The molecular weight excluding hydrogens is 404 g/mol. The van der Waals surface area contributed by atoms with Gasteiger partial charge in [0, 0.05) is 6.61 Å². The van der Waals surface area contributed by atoms with Gasteiger partial charge in [-0.2, -0.15) is 0 Å². The summed E-state index contributed by atoms with van der Waals surface area (Å²) in [4.78, 5) is 12.5. The zero-order valence-electron chi connectivity index (χ0n) is 18.4. The molecule has 0 saturated carbocycles. The molecule has 168 valence electrons. The minimum absolute atomic E-state index is 0.0734. The lowest BCUT2D eigenvalue weighted by Crippen LogP contribution is -2.19. The molecule has 0 heterocycles. The molecular formula is C27H30O5. The average molecular weight is 435 g/mol. The first-order valence-electron chi connectivity index (χ1n) is 10.9. The van der Waals surface area contributed by atoms with Gasteiger partial charge in [-0.3, -0.25) is 0 Å². The number of ether oxygens (including phenoxy) is 3. The first kappa shape index (κ1) is 23.4. The predicted molar refractivity (Wildman–Crippen MR) is 124 cm³/mol. The second kappa shape index (κ2) is 12.5. The van der Waals surface area contributed by atoms with Crippen LogP contribution in [0.15, 0.2) is 78.9 Å². The number of aryl methyl sites for hydroxylation is 1. The van der Waals surface area contributed by atoms with Crippen molar-refractivity contribution in [1.29, 1.82) is 0 Å². The number of aliphatic hydroxyl groups excluding tert-OH is 1. The number of rotatable bonds is 12. The van der Waals surface area contributed by atoms with Crippen molar-refractivity contribution in [2.45, 2.75) is 38.4 Å². The molecule has 0 aliphatic rings. The standard InChI is InChI=1S/C27H30O5/c1-30-24-17-12-23(13-18-24)27(29)32-26(8-5-19-28)16-11-21-9-14-25(15-10-21)31-20-22-6-3-2-4-7-22/h2-4,6-7,9-10,12-15,17-18,26,28H,5,8,11,16,19-20H2,1H3/t26-/m1/s1. The Labute approximate surface area is 189 Å². The Bertz CT molecular complexity index is 936. The zero-order valence-corrected chi connectivity index (χ0v) is 18.4. The second-order valence-electron chi connectivity index (χ2n) is 7.58. The molecule has 5 heteroatoms. The fourth-order valence-corrected chi connectivity index (χ4v) is 3.35. The Morgan fingerprint density at radius 3 is 2.19 bits per heavy atom. The summed E-state index contributed by atoms with van der Waals surface area (Å²) in [5.41, 5.74) is 2.76. The highest BCUT2D eigenvalue weighted by Crippen LogP contribution is 2.19. The van der Waals surface area contributed by atoms with Gasteiger partial charge in [0.15, 0.2) is 0 Å². The number of methoxy groups -OCH3 is 1. The third-order valence-corrected chi connectivity index (χ3v) is 5.21. The van der Waals surface area contributed by atoms with Gasteiger partial charge in [0.05, 0.1) is 12.7 Å². The molecule has 1 atom stereocenters. The fraction of sp³-hybridized carbons (Fsp3) is 0.296. The summed E-state index contributed by atoms with van der Waals surface area (Å²) in [6.45, 7) is 0.606. The summed E-state index contributed by atoms with van der Waals surface area (Å²) in [5.74, 6) is 1.15. The lowest BCUT2D eigenvalue weighted by Gasteiger charge is -2.18. The Morgan fingerprint density at radius 1 is 0.844 bits per heavy atom. The van der Waals surface area contributed by atoms with E-state index in [0.29, 0.717) is 37.2 Å². The van der Waals surface area contributed by atoms with Crippen molar-refractivity contribution in [2.75, 3.05) is 13.7 Å². The summed E-state index contributed by atoms with van der Waals surface area (Å²) in [5, 5.41) is 9.20. The van der Waals surface area contributed by atoms with Crippen LogP contribution in [0.3, 0.4) is 0 Å². The van der Waals surface area contributed by atoms with Crippen LogP contribution in [0, 0.1) is 0 Å². The maximum atomic E-state index is 12.5. The molecule has 0 fully saturated rings. The van der Waals surface area contributed by atoms with Gasteiger partial charge in [-0.1, -0.05) is 42.5 Å². The van der Waals surface area contributed by atoms with Crippen LogP contribution in [0.25, 0.3) is 0 Å². The third kappa shape index (κ3) is 7.43. The minimum atomic E-state index is -0.361. The van der Waals surface area contributed by atoms with Gasteiger partial charge in [-0.05, 0) is 73.2 Å². The topological polar surface area (TPSA) is 65.0 Å². The first-order valence-corrected chi connectivity index (χ1v) is 10.9. The third-order valence-electron chi connectivity index (χ3n) is 5.21. The molecule has 0 bridgehead atoms. The molecule has 0 aliphatic heterocycles. The van der Waals surface area contributed by atoms with Crippen molar-refractivity contribution >= 4 is 5.97 Å². The van der Waals surface area contributed by atoms with Gasteiger partial charge in [-0.15, -0.1) is 0 Å². The van der Waals surface area contributed by atoms with Gasteiger partial charge >= 0.3 is 5.97 Å². The lowest BCUT2D eigenvalue weighted by molar-refractivity contribution is 0.0246. The maximum absolute atomic E-state index is 12.5. The first-order chi connectivity index (χ1) is 15.7. The zero-order chi connectivity index (χ0) is 22.6. The SMILES string of the molecule is COc1ccc(C(=O)O[C@H](CCCO)CCc2ccc(OCc3ccccc3)cc2)cc1. The largest absolute Gasteiger partial charge is 0.497 e. The molecule has 0 unspecified atom stereocenters. The monoisotopic (exact) mass is 434 g/mol. The van der Waals surface area contributed by atoms with Crippen molar-refractivity contribution in [1.82, 2.24) is 0 Å². The number of hydrogen-bond acceptors (Lipinski definition) is 5. The van der Waals surface area contributed by atoms with Crippen molar-refractivity contribution in [3.05, 3.63) is 95.6 Å². The molecule has 3 aromatic rings. The lowest BCUT2D eigenvalue weighted by atomic mass is 10.0. The Balaban J connectivity index is 1.51. The molecule has 0 aliphatic carbocycles. The highest BCUT2D eigenvalue weighted by Gasteiger charge is 2.16. The fourth-order valence-electron chi connectivity index (χ4n) is 3.35. The van der Waals surface area contributed by atoms with Crippen LogP contribution in [-0.2, 0) is 17.8 Å². The number of carbonyl (C=O) groups is 1. The molecule has 0 aromatic heterocycles. The van der Waals surface area contributed by atoms with Crippen LogP contribution < -0.4 is 9.47 Å². The van der Waals surface area contributed by atoms with E-state index in [2.05, 4.69) is 0 Å².